The van der Waals surface area contributed by atoms with Gasteiger partial charge in [-0.3, -0.25) is 9.59 Å². The van der Waals surface area contributed by atoms with E-state index in [2.05, 4.69) is 13.8 Å². The number of Topliss-reactive ketones (excluding diaryl/α,β-unsaturated/α-hetero) is 1. The second kappa shape index (κ2) is 10.2. The molecule has 0 radical (unpaired) electrons. The zero-order chi connectivity index (χ0) is 24.3. The second-order valence-electron chi connectivity index (χ2n) is 9.03. The van der Waals surface area contributed by atoms with Crippen LogP contribution in [0.4, 0.5) is 4.39 Å². The van der Waals surface area contributed by atoms with Crippen LogP contribution in [0.5, 0.6) is 5.75 Å². The predicted octanol–water partition coefficient (Wildman–Crippen LogP) is 4.15. The zero-order valence-corrected chi connectivity index (χ0v) is 19.8. The molecule has 1 fully saturated rings. The quantitative estimate of drug-likeness (QED) is 0.369. The van der Waals surface area contributed by atoms with E-state index in [9.17, 15) is 19.1 Å². The number of hydrogen-bond donors (Lipinski definition) is 1. The minimum absolute atomic E-state index is 0.00399. The smallest absolute Gasteiger partial charge is 0.295 e. The number of carbonyl (C=O) groups is 2. The Bertz CT molecular complexity index is 1060. The number of aliphatic hydroxyl groups is 1. The molecule has 0 saturated carbocycles. The SMILES string of the molecule is Cc1cc(OCC(C)C)ccc1C(O)=C1C(=O)C(=O)N(CCN(C)C)[C@@H]1c1ccc(F)cc1. The van der Waals surface area contributed by atoms with Gasteiger partial charge in [-0.15, -0.1) is 0 Å². The highest BCUT2D eigenvalue weighted by Crippen LogP contribution is 2.40. The van der Waals surface area contributed by atoms with Crippen LogP contribution in [0, 0.1) is 18.7 Å². The molecule has 1 amide bonds. The molecular formula is C26H31FN2O4. The molecule has 6 nitrogen and oxygen atoms in total. The van der Waals surface area contributed by atoms with E-state index in [1.807, 2.05) is 25.9 Å². The van der Waals surface area contributed by atoms with Gasteiger partial charge >= 0.3 is 0 Å². The highest BCUT2D eigenvalue weighted by atomic mass is 19.1. The number of ether oxygens (including phenoxy) is 1. The predicted molar refractivity (Wildman–Crippen MR) is 125 cm³/mol. The third kappa shape index (κ3) is 5.42. The summed E-state index contributed by atoms with van der Waals surface area (Å²) in [6.07, 6.45) is 0. The van der Waals surface area contributed by atoms with E-state index < -0.39 is 23.5 Å². The minimum Gasteiger partial charge on any atom is -0.507 e. The van der Waals surface area contributed by atoms with Crippen molar-refractivity contribution in [1.82, 2.24) is 9.80 Å². The number of likely N-dealkylation sites (tertiary alicyclic amines) is 1. The first-order valence-electron chi connectivity index (χ1n) is 11.0. The zero-order valence-electron chi connectivity index (χ0n) is 19.8. The summed E-state index contributed by atoms with van der Waals surface area (Å²) in [5.74, 6) is -1.06. The van der Waals surface area contributed by atoms with Gasteiger partial charge in [-0.1, -0.05) is 26.0 Å². The summed E-state index contributed by atoms with van der Waals surface area (Å²) in [4.78, 5) is 29.3. The fourth-order valence-corrected chi connectivity index (χ4v) is 3.81. The van der Waals surface area contributed by atoms with Crippen molar-refractivity contribution < 1.29 is 23.8 Å². The molecule has 2 aromatic carbocycles. The van der Waals surface area contributed by atoms with Crippen LogP contribution >= 0.6 is 0 Å². The second-order valence-corrected chi connectivity index (χ2v) is 9.03. The molecule has 1 N–H and O–H groups in total. The molecule has 2 aromatic rings. The van der Waals surface area contributed by atoms with E-state index in [1.54, 1.807) is 18.2 Å². The van der Waals surface area contributed by atoms with Crippen molar-refractivity contribution >= 4 is 17.4 Å². The summed E-state index contributed by atoms with van der Waals surface area (Å²) in [6, 6.07) is 10.1. The van der Waals surface area contributed by atoms with E-state index in [0.29, 0.717) is 41.5 Å². The number of amides is 1. The van der Waals surface area contributed by atoms with Gasteiger partial charge in [0, 0.05) is 18.7 Å². The molecule has 1 heterocycles. The van der Waals surface area contributed by atoms with Crippen LogP contribution in [-0.2, 0) is 9.59 Å². The molecule has 0 unspecified atom stereocenters. The minimum atomic E-state index is -0.804. The number of nitrogens with zero attached hydrogens (tertiary/aromatic N) is 2. The van der Waals surface area contributed by atoms with Gasteiger partial charge in [-0.05, 0) is 68.4 Å². The number of aryl methyl sites for hydroxylation is 1. The van der Waals surface area contributed by atoms with Gasteiger partial charge in [0.1, 0.15) is 17.3 Å². The number of aliphatic hydroxyl groups excluding tert-OH is 1. The maximum absolute atomic E-state index is 13.6. The van der Waals surface area contributed by atoms with Crippen molar-refractivity contribution in [3.05, 3.63) is 70.5 Å². The third-order valence-electron chi connectivity index (χ3n) is 5.55. The molecule has 33 heavy (non-hydrogen) atoms. The lowest BCUT2D eigenvalue weighted by molar-refractivity contribution is -0.140. The summed E-state index contributed by atoms with van der Waals surface area (Å²) in [6.45, 7) is 7.30. The summed E-state index contributed by atoms with van der Waals surface area (Å²) in [5, 5.41) is 11.2. The molecule has 1 atom stereocenters. The van der Waals surface area contributed by atoms with Gasteiger partial charge in [0.2, 0.25) is 0 Å². The average Bonchev–Trinajstić information content (AvgIpc) is 3.01. The Labute approximate surface area is 194 Å². The van der Waals surface area contributed by atoms with Crippen molar-refractivity contribution in [3.63, 3.8) is 0 Å². The fraction of sp³-hybridized carbons (Fsp3) is 0.385. The van der Waals surface area contributed by atoms with Gasteiger partial charge in [-0.25, -0.2) is 4.39 Å². The Morgan fingerprint density at radius 1 is 1.15 bits per heavy atom. The average molecular weight is 455 g/mol. The van der Waals surface area contributed by atoms with Crippen molar-refractivity contribution in [2.24, 2.45) is 5.92 Å². The number of carbonyl (C=O) groups excluding carboxylic acids is 2. The van der Waals surface area contributed by atoms with Crippen molar-refractivity contribution in [1.29, 1.82) is 0 Å². The lowest BCUT2D eigenvalue weighted by atomic mass is 9.94. The Morgan fingerprint density at radius 3 is 2.39 bits per heavy atom. The molecule has 0 aliphatic carbocycles. The van der Waals surface area contributed by atoms with Gasteiger partial charge in [0.25, 0.3) is 11.7 Å². The standard InChI is InChI=1S/C26H31FN2O4/c1-16(2)15-33-20-10-11-21(17(3)14-20)24(30)22-23(18-6-8-19(27)9-7-18)29(13-12-28(4)5)26(32)25(22)31/h6-11,14,16,23,30H,12-13,15H2,1-5H3/t23-/m1/s1. The maximum atomic E-state index is 13.6. The van der Waals surface area contributed by atoms with Crippen LogP contribution in [0.1, 0.15) is 36.6 Å². The van der Waals surface area contributed by atoms with E-state index in [1.165, 1.54) is 29.2 Å². The highest BCUT2D eigenvalue weighted by molar-refractivity contribution is 6.46. The van der Waals surface area contributed by atoms with Crippen LogP contribution in [0.3, 0.4) is 0 Å². The van der Waals surface area contributed by atoms with E-state index in [4.69, 9.17) is 4.74 Å². The van der Waals surface area contributed by atoms with Crippen molar-refractivity contribution in [3.8, 4) is 5.75 Å². The van der Waals surface area contributed by atoms with Gasteiger partial charge < -0.3 is 19.6 Å². The van der Waals surface area contributed by atoms with Gasteiger partial charge in [-0.2, -0.15) is 0 Å². The molecule has 0 bridgehead atoms. The fourth-order valence-electron chi connectivity index (χ4n) is 3.81. The molecule has 7 heteroatoms. The summed E-state index contributed by atoms with van der Waals surface area (Å²) >= 11 is 0. The largest absolute Gasteiger partial charge is 0.507 e. The highest BCUT2D eigenvalue weighted by Gasteiger charge is 2.46. The molecular weight excluding hydrogens is 423 g/mol. The van der Waals surface area contributed by atoms with Crippen LogP contribution in [0.2, 0.25) is 0 Å². The number of rotatable bonds is 8. The molecule has 0 aromatic heterocycles. The lowest BCUT2D eigenvalue weighted by Gasteiger charge is -2.26. The number of likely N-dealkylation sites (N-methyl/N-ethyl adjacent to an activating group) is 1. The molecule has 0 spiro atoms. The van der Waals surface area contributed by atoms with E-state index in [0.717, 1.165) is 0 Å². The first kappa shape index (κ1) is 24.5. The molecule has 3 rings (SSSR count). The Hall–Kier alpha value is -3.19. The first-order chi connectivity index (χ1) is 15.6. The molecule has 1 aliphatic rings. The normalized spacial score (nSPS) is 17.9. The number of halogens is 1. The van der Waals surface area contributed by atoms with E-state index >= 15 is 0 Å². The Kier molecular flexibility index (Phi) is 7.53. The summed E-state index contributed by atoms with van der Waals surface area (Å²) in [7, 11) is 3.74. The Balaban J connectivity index is 2.07. The summed E-state index contributed by atoms with van der Waals surface area (Å²) in [5.41, 5.74) is 1.73. The molecule has 176 valence electrons. The van der Waals surface area contributed by atoms with Gasteiger partial charge in [0.05, 0.1) is 18.2 Å². The van der Waals surface area contributed by atoms with Crippen molar-refractivity contribution in [2.45, 2.75) is 26.8 Å². The summed E-state index contributed by atoms with van der Waals surface area (Å²) < 4.78 is 19.3. The number of hydrogen-bond acceptors (Lipinski definition) is 5. The number of ketones is 1. The topological polar surface area (TPSA) is 70.1 Å². The first-order valence-corrected chi connectivity index (χ1v) is 11.0. The van der Waals surface area contributed by atoms with Crippen LogP contribution in [0.25, 0.3) is 5.76 Å². The molecule has 1 aliphatic heterocycles. The number of benzene rings is 2. The van der Waals surface area contributed by atoms with Gasteiger partial charge in [0.15, 0.2) is 0 Å². The monoisotopic (exact) mass is 454 g/mol. The van der Waals surface area contributed by atoms with E-state index in [-0.39, 0.29) is 17.9 Å². The van der Waals surface area contributed by atoms with Crippen LogP contribution in [-0.4, -0.2) is 60.4 Å². The molecule has 1 saturated heterocycles. The van der Waals surface area contributed by atoms with Crippen LogP contribution < -0.4 is 4.74 Å². The maximum Gasteiger partial charge on any atom is 0.295 e. The lowest BCUT2D eigenvalue weighted by Crippen LogP contribution is -2.35. The third-order valence-corrected chi connectivity index (χ3v) is 5.55. The van der Waals surface area contributed by atoms with Crippen molar-refractivity contribution in [2.75, 3.05) is 33.8 Å². The Morgan fingerprint density at radius 2 is 1.82 bits per heavy atom. The van der Waals surface area contributed by atoms with Crippen LogP contribution in [0.15, 0.2) is 48.0 Å².